The molecule has 4 heteroatoms. The maximum Gasteiger partial charge on any atom is 0.185 e. The zero-order valence-corrected chi connectivity index (χ0v) is 14.1. The summed E-state index contributed by atoms with van der Waals surface area (Å²) in [4.78, 5) is 0. The molecule has 1 saturated carbocycles. The number of nitriles is 1. The zero-order chi connectivity index (χ0) is 15.6. The van der Waals surface area contributed by atoms with Gasteiger partial charge in [-0.3, -0.25) is 0 Å². The van der Waals surface area contributed by atoms with Gasteiger partial charge >= 0.3 is 0 Å². The molecule has 0 N–H and O–H groups in total. The second kappa shape index (κ2) is 9.61. The largest absolute Gasteiger partial charge is 0.248 e. The molecule has 0 atom stereocenters. The fourth-order valence-corrected chi connectivity index (χ4v) is 3.53. The van der Waals surface area contributed by atoms with Crippen molar-refractivity contribution in [3.8, 4) is 6.07 Å². The molecule has 1 aromatic heterocycles. The van der Waals surface area contributed by atoms with Crippen molar-refractivity contribution in [1.82, 2.24) is 15.0 Å². The summed E-state index contributed by atoms with van der Waals surface area (Å²) in [6.07, 6.45) is 15.3. The predicted octanol–water partition coefficient (Wildman–Crippen LogP) is 4.63. The summed E-state index contributed by atoms with van der Waals surface area (Å²) >= 11 is 0. The van der Waals surface area contributed by atoms with E-state index in [4.69, 9.17) is 0 Å². The van der Waals surface area contributed by atoms with Crippen LogP contribution < -0.4 is 0 Å². The van der Waals surface area contributed by atoms with Crippen LogP contribution in [0.1, 0.15) is 88.9 Å². The van der Waals surface area contributed by atoms with Crippen LogP contribution in [0, 0.1) is 17.2 Å². The minimum Gasteiger partial charge on any atom is -0.248 e. The van der Waals surface area contributed by atoms with Crippen molar-refractivity contribution in [1.29, 1.82) is 5.26 Å². The second-order valence-electron chi connectivity index (χ2n) is 6.68. The average Bonchev–Trinajstić information content (AvgIpc) is 2.95. The lowest BCUT2D eigenvalue weighted by Gasteiger charge is -2.21. The summed E-state index contributed by atoms with van der Waals surface area (Å²) in [5, 5.41) is 17.5. The molecule has 1 aromatic rings. The first-order valence-electron chi connectivity index (χ1n) is 9.17. The van der Waals surface area contributed by atoms with Gasteiger partial charge in [-0.2, -0.15) is 5.26 Å². The third kappa shape index (κ3) is 5.12. The number of aryl methyl sites for hydroxylation is 1. The van der Waals surface area contributed by atoms with E-state index in [0.29, 0.717) is 5.69 Å². The lowest BCUT2D eigenvalue weighted by Crippen LogP contribution is -2.11. The summed E-state index contributed by atoms with van der Waals surface area (Å²) in [6, 6.07) is 2.22. The Kier molecular flexibility index (Phi) is 7.42. The van der Waals surface area contributed by atoms with Gasteiger partial charge in [0.05, 0.1) is 5.69 Å². The molecule has 4 nitrogen and oxygen atoms in total. The highest BCUT2D eigenvalue weighted by atomic mass is 15.4. The molecule has 0 radical (unpaired) electrons. The maximum absolute atomic E-state index is 9.24. The summed E-state index contributed by atoms with van der Waals surface area (Å²) in [6.45, 7) is 3.15. The maximum atomic E-state index is 9.24. The Hall–Kier alpha value is -1.37. The molecule has 0 unspecified atom stereocenters. The van der Waals surface area contributed by atoms with E-state index in [1.807, 2.05) is 4.68 Å². The van der Waals surface area contributed by atoms with Crippen LogP contribution in [0.3, 0.4) is 0 Å². The first kappa shape index (κ1) is 17.0. The highest BCUT2D eigenvalue weighted by Crippen LogP contribution is 2.27. The highest BCUT2D eigenvalue weighted by Gasteiger charge is 2.17. The first-order chi connectivity index (χ1) is 10.8. The molecule has 1 fully saturated rings. The number of nitrogens with zero attached hydrogens (tertiary/aromatic N) is 4. The highest BCUT2D eigenvalue weighted by molar-refractivity contribution is 5.24. The van der Waals surface area contributed by atoms with E-state index < -0.39 is 0 Å². The van der Waals surface area contributed by atoms with E-state index in [0.717, 1.165) is 31.0 Å². The van der Waals surface area contributed by atoms with Gasteiger partial charge in [0.15, 0.2) is 5.69 Å². The number of aromatic nitrogens is 3. The van der Waals surface area contributed by atoms with Gasteiger partial charge in [0.1, 0.15) is 6.07 Å². The number of hydrogen-bond donors (Lipinski definition) is 0. The average molecular weight is 302 g/mol. The molecular formula is C18H30N4. The van der Waals surface area contributed by atoms with E-state index in [1.54, 1.807) is 0 Å². The molecule has 2 rings (SSSR count). The molecule has 122 valence electrons. The first-order valence-corrected chi connectivity index (χ1v) is 9.17. The van der Waals surface area contributed by atoms with E-state index >= 15 is 0 Å². The third-order valence-corrected chi connectivity index (χ3v) is 4.93. The van der Waals surface area contributed by atoms with Crippen LogP contribution in [0.4, 0.5) is 0 Å². The molecule has 0 spiro atoms. The predicted molar refractivity (Wildman–Crippen MR) is 88.4 cm³/mol. The van der Waals surface area contributed by atoms with Crippen molar-refractivity contribution in [2.24, 2.45) is 5.92 Å². The molecule has 1 aliphatic carbocycles. The van der Waals surface area contributed by atoms with E-state index in [-0.39, 0.29) is 0 Å². The second-order valence-corrected chi connectivity index (χ2v) is 6.68. The van der Waals surface area contributed by atoms with Gasteiger partial charge < -0.3 is 0 Å². The van der Waals surface area contributed by atoms with Crippen LogP contribution in [0.25, 0.3) is 0 Å². The van der Waals surface area contributed by atoms with Crippen molar-refractivity contribution in [2.45, 2.75) is 90.5 Å². The van der Waals surface area contributed by atoms with Gasteiger partial charge in [-0.15, -0.1) is 5.10 Å². The van der Waals surface area contributed by atoms with E-state index in [9.17, 15) is 5.26 Å². The van der Waals surface area contributed by atoms with Gasteiger partial charge in [0.25, 0.3) is 0 Å². The van der Waals surface area contributed by atoms with Crippen LogP contribution in [-0.2, 0) is 13.0 Å². The Morgan fingerprint density at radius 3 is 2.64 bits per heavy atom. The van der Waals surface area contributed by atoms with Crippen LogP contribution >= 0.6 is 0 Å². The van der Waals surface area contributed by atoms with Gasteiger partial charge in [-0.25, -0.2) is 4.68 Å². The molecule has 22 heavy (non-hydrogen) atoms. The fraction of sp³-hybridized carbons (Fsp3) is 0.833. The van der Waals surface area contributed by atoms with Gasteiger partial charge in [0.2, 0.25) is 0 Å². The summed E-state index contributed by atoms with van der Waals surface area (Å²) in [7, 11) is 0. The molecule has 0 amide bonds. The van der Waals surface area contributed by atoms with Crippen molar-refractivity contribution in [2.75, 3.05) is 0 Å². The molecule has 0 aromatic carbocycles. The smallest absolute Gasteiger partial charge is 0.185 e. The van der Waals surface area contributed by atoms with Gasteiger partial charge in [0, 0.05) is 6.54 Å². The molecule has 0 bridgehead atoms. The monoisotopic (exact) mass is 302 g/mol. The quantitative estimate of drug-likeness (QED) is 0.625. The van der Waals surface area contributed by atoms with Crippen molar-refractivity contribution >= 4 is 0 Å². The Bertz CT molecular complexity index is 466. The Labute approximate surface area is 134 Å². The fourth-order valence-electron chi connectivity index (χ4n) is 3.53. The topological polar surface area (TPSA) is 54.5 Å². The zero-order valence-electron chi connectivity index (χ0n) is 14.1. The number of rotatable bonds is 9. The standard InChI is InChI=1S/C18H30N4/c1-2-3-4-5-9-14-22-18(17(15-19)20-21-22)13-12-16-10-7-6-8-11-16/h16H,2-14H2,1H3. The third-order valence-electron chi connectivity index (χ3n) is 4.93. The van der Waals surface area contributed by atoms with Crippen molar-refractivity contribution in [3.05, 3.63) is 11.4 Å². The summed E-state index contributed by atoms with van der Waals surface area (Å²) < 4.78 is 1.99. The van der Waals surface area contributed by atoms with Crippen LogP contribution in [0.5, 0.6) is 0 Å². The van der Waals surface area contributed by atoms with E-state index in [2.05, 4.69) is 23.3 Å². The van der Waals surface area contributed by atoms with Gasteiger partial charge in [-0.05, 0) is 25.2 Å². The normalized spacial score (nSPS) is 15.8. The number of unbranched alkanes of at least 4 members (excludes halogenated alkanes) is 4. The van der Waals surface area contributed by atoms with Crippen molar-refractivity contribution < 1.29 is 0 Å². The minimum absolute atomic E-state index is 0.546. The molecular weight excluding hydrogens is 272 g/mol. The molecule has 1 heterocycles. The van der Waals surface area contributed by atoms with Crippen LogP contribution in [0.2, 0.25) is 0 Å². The Balaban J connectivity index is 1.84. The minimum atomic E-state index is 0.546. The SMILES string of the molecule is CCCCCCCn1nnc(C#N)c1CCC1CCCCC1. The molecule has 0 aliphatic heterocycles. The van der Waals surface area contributed by atoms with E-state index in [1.165, 1.54) is 64.2 Å². The summed E-state index contributed by atoms with van der Waals surface area (Å²) in [5.41, 5.74) is 1.62. The van der Waals surface area contributed by atoms with Crippen LogP contribution in [-0.4, -0.2) is 15.0 Å². The Morgan fingerprint density at radius 2 is 1.91 bits per heavy atom. The molecule has 1 aliphatic rings. The Morgan fingerprint density at radius 1 is 1.14 bits per heavy atom. The van der Waals surface area contributed by atoms with Crippen molar-refractivity contribution in [3.63, 3.8) is 0 Å². The lowest BCUT2D eigenvalue weighted by atomic mass is 9.85. The van der Waals surface area contributed by atoms with Gasteiger partial charge in [-0.1, -0.05) is 69.9 Å². The number of hydrogen-bond acceptors (Lipinski definition) is 3. The molecule has 0 saturated heterocycles. The summed E-state index contributed by atoms with van der Waals surface area (Å²) in [5.74, 6) is 0.841. The van der Waals surface area contributed by atoms with Crippen LogP contribution in [0.15, 0.2) is 0 Å². The lowest BCUT2D eigenvalue weighted by molar-refractivity contribution is 0.336.